The van der Waals surface area contributed by atoms with Crippen molar-refractivity contribution in [2.75, 3.05) is 7.11 Å². The van der Waals surface area contributed by atoms with Gasteiger partial charge < -0.3 is 9.84 Å². The molecule has 1 atom stereocenters. The Balaban J connectivity index is 2.16. The highest BCUT2D eigenvalue weighted by Gasteiger charge is 2.18. The summed E-state index contributed by atoms with van der Waals surface area (Å²) in [5, 5.41) is 12.6. The number of aliphatic hydroxyl groups excluding tert-OH is 1. The van der Waals surface area contributed by atoms with E-state index in [1.807, 2.05) is 48.5 Å². The summed E-state index contributed by atoms with van der Waals surface area (Å²) in [6.45, 7) is 0. The van der Waals surface area contributed by atoms with Gasteiger partial charge >= 0.3 is 0 Å². The SMILES string of the molecule is COc1c(C(O)c2ccccn2)ccc2ccccc12. The van der Waals surface area contributed by atoms with Crippen LogP contribution in [0.25, 0.3) is 10.8 Å². The Hall–Kier alpha value is -2.39. The topological polar surface area (TPSA) is 42.4 Å². The van der Waals surface area contributed by atoms with E-state index in [0.29, 0.717) is 11.4 Å². The van der Waals surface area contributed by atoms with Gasteiger partial charge in [0.25, 0.3) is 0 Å². The lowest BCUT2D eigenvalue weighted by Crippen LogP contribution is -2.04. The van der Waals surface area contributed by atoms with E-state index in [1.54, 1.807) is 19.4 Å². The molecule has 0 saturated heterocycles. The maximum absolute atomic E-state index is 10.5. The lowest BCUT2D eigenvalue weighted by molar-refractivity contribution is 0.210. The summed E-state index contributed by atoms with van der Waals surface area (Å²) < 4.78 is 5.51. The van der Waals surface area contributed by atoms with Crippen LogP contribution >= 0.6 is 0 Å². The number of ether oxygens (including phenoxy) is 1. The molecule has 0 spiro atoms. The van der Waals surface area contributed by atoms with E-state index in [0.717, 1.165) is 16.3 Å². The molecule has 3 heteroatoms. The molecule has 0 aliphatic carbocycles. The van der Waals surface area contributed by atoms with Crippen LogP contribution in [0.15, 0.2) is 60.8 Å². The van der Waals surface area contributed by atoms with Gasteiger partial charge in [-0.2, -0.15) is 0 Å². The van der Waals surface area contributed by atoms with Crippen LogP contribution in [0.5, 0.6) is 5.75 Å². The number of methoxy groups -OCH3 is 1. The third kappa shape index (κ3) is 2.12. The van der Waals surface area contributed by atoms with Crippen molar-refractivity contribution in [2.45, 2.75) is 6.10 Å². The number of hydrogen-bond donors (Lipinski definition) is 1. The lowest BCUT2D eigenvalue weighted by Gasteiger charge is -2.16. The first-order valence-electron chi connectivity index (χ1n) is 6.46. The van der Waals surface area contributed by atoms with Crippen molar-refractivity contribution in [3.63, 3.8) is 0 Å². The molecule has 0 aliphatic rings. The Labute approximate surface area is 117 Å². The van der Waals surface area contributed by atoms with Gasteiger partial charge in [0.15, 0.2) is 0 Å². The second kappa shape index (κ2) is 5.31. The molecule has 3 nitrogen and oxygen atoms in total. The van der Waals surface area contributed by atoms with Crippen molar-refractivity contribution < 1.29 is 9.84 Å². The Morgan fingerprint density at radius 3 is 2.55 bits per heavy atom. The third-order valence-corrected chi connectivity index (χ3v) is 3.38. The van der Waals surface area contributed by atoms with Gasteiger partial charge in [0.05, 0.1) is 12.8 Å². The first-order chi connectivity index (χ1) is 9.81. The second-order valence-electron chi connectivity index (χ2n) is 4.57. The molecule has 1 heterocycles. The molecule has 3 aromatic rings. The second-order valence-corrected chi connectivity index (χ2v) is 4.57. The molecule has 2 aromatic carbocycles. The van der Waals surface area contributed by atoms with Crippen molar-refractivity contribution >= 4 is 10.8 Å². The zero-order valence-corrected chi connectivity index (χ0v) is 11.2. The molecular weight excluding hydrogens is 250 g/mol. The standard InChI is InChI=1S/C17H15NO2/c1-20-17-13-7-3-2-6-12(13)9-10-14(17)16(19)15-8-4-5-11-18-15/h2-11,16,19H,1H3. The summed E-state index contributed by atoms with van der Waals surface area (Å²) in [4.78, 5) is 4.20. The predicted octanol–water partition coefficient (Wildman–Crippen LogP) is 3.33. The van der Waals surface area contributed by atoms with Crippen LogP contribution in [0.2, 0.25) is 0 Å². The molecule has 0 aliphatic heterocycles. The number of rotatable bonds is 3. The Morgan fingerprint density at radius 1 is 1.00 bits per heavy atom. The van der Waals surface area contributed by atoms with Gasteiger partial charge in [-0.3, -0.25) is 4.98 Å². The molecule has 0 radical (unpaired) electrons. The van der Waals surface area contributed by atoms with Crippen LogP contribution in [0, 0.1) is 0 Å². The van der Waals surface area contributed by atoms with Gasteiger partial charge in [-0.25, -0.2) is 0 Å². The summed E-state index contributed by atoms with van der Waals surface area (Å²) in [7, 11) is 1.62. The molecule has 1 unspecified atom stereocenters. The highest BCUT2D eigenvalue weighted by Crippen LogP contribution is 2.35. The van der Waals surface area contributed by atoms with Gasteiger partial charge in [0.1, 0.15) is 11.9 Å². The number of aliphatic hydroxyl groups is 1. The Morgan fingerprint density at radius 2 is 1.80 bits per heavy atom. The van der Waals surface area contributed by atoms with E-state index in [2.05, 4.69) is 4.98 Å². The molecule has 3 rings (SSSR count). The number of benzene rings is 2. The predicted molar refractivity (Wildman–Crippen MR) is 78.8 cm³/mol. The van der Waals surface area contributed by atoms with E-state index in [4.69, 9.17) is 4.74 Å². The van der Waals surface area contributed by atoms with Gasteiger partial charge in [-0.1, -0.05) is 42.5 Å². The Kier molecular flexibility index (Phi) is 3.35. The first kappa shape index (κ1) is 12.6. The molecule has 0 bridgehead atoms. The van der Waals surface area contributed by atoms with E-state index in [9.17, 15) is 5.11 Å². The normalized spacial score (nSPS) is 12.3. The van der Waals surface area contributed by atoms with Crippen molar-refractivity contribution in [3.05, 3.63) is 72.1 Å². The number of fused-ring (bicyclic) bond motifs is 1. The number of nitrogens with zero attached hydrogens (tertiary/aromatic N) is 1. The maximum Gasteiger partial charge on any atom is 0.132 e. The van der Waals surface area contributed by atoms with Crippen LogP contribution in [-0.2, 0) is 0 Å². The molecule has 1 N–H and O–H groups in total. The number of aromatic nitrogens is 1. The number of hydrogen-bond acceptors (Lipinski definition) is 3. The highest BCUT2D eigenvalue weighted by atomic mass is 16.5. The molecule has 0 amide bonds. The van der Waals surface area contributed by atoms with Crippen LogP contribution < -0.4 is 4.74 Å². The highest BCUT2D eigenvalue weighted by molar-refractivity contribution is 5.89. The third-order valence-electron chi connectivity index (χ3n) is 3.38. The lowest BCUT2D eigenvalue weighted by atomic mass is 9.99. The average Bonchev–Trinajstić information content (AvgIpc) is 2.54. The van der Waals surface area contributed by atoms with Crippen molar-refractivity contribution in [3.8, 4) is 5.75 Å². The van der Waals surface area contributed by atoms with E-state index >= 15 is 0 Å². The van der Waals surface area contributed by atoms with E-state index in [1.165, 1.54) is 0 Å². The molecule has 0 fully saturated rings. The van der Waals surface area contributed by atoms with E-state index in [-0.39, 0.29) is 0 Å². The summed E-state index contributed by atoms with van der Waals surface area (Å²) >= 11 is 0. The average molecular weight is 265 g/mol. The van der Waals surface area contributed by atoms with Crippen LogP contribution in [0.1, 0.15) is 17.4 Å². The fourth-order valence-corrected chi connectivity index (χ4v) is 2.40. The van der Waals surface area contributed by atoms with Crippen molar-refractivity contribution in [1.29, 1.82) is 0 Å². The molecular formula is C17H15NO2. The fourth-order valence-electron chi connectivity index (χ4n) is 2.40. The summed E-state index contributed by atoms with van der Waals surface area (Å²) in [6, 6.07) is 17.3. The maximum atomic E-state index is 10.5. The zero-order chi connectivity index (χ0) is 13.9. The largest absolute Gasteiger partial charge is 0.496 e. The monoisotopic (exact) mass is 265 g/mol. The van der Waals surface area contributed by atoms with Crippen LogP contribution in [0.3, 0.4) is 0 Å². The first-order valence-corrected chi connectivity index (χ1v) is 6.46. The van der Waals surface area contributed by atoms with Crippen molar-refractivity contribution in [1.82, 2.24) is 4.98 Å². The minimum atomic E-state index is -0.796. The summed E-state index contributed by atoms with van der Waals surface area (Å²) in [5.41, 5.74) is 1.34. The smallest absolute Gasteiger partial charge is 0.132 e. The Bertz CT molecular complexity index is 725. The van der Waals surface area contributed by atoms with Crippen LogP contribution in [-0.4, -0.2) is 17.2 Å². The summed E-state index contributed by atoms with van der Waals surface area (Å²) in [5.74, 6) is 0.696. The minimum Gasteiger partial charge on any atom is -0.496 e. The van der Waals surface area contributed by atoms with Gasteiger partial charge in [-0.15, -0.1) is 0 Å². The zero-order valence-electron chi connectivity index (χ0n) is 11.2. The molecule has 20 heavy (non-hydrogen) atoms. The van der Waals surface area contributed by atoms with Gasteiger partial charge in [-0.05, 0) is 17.5 Å². The van der Waals surface area contributed by atoms with E-state index < -0.39 is 6.10 Å². The summed E-state index contributed by atoms with van der Waals surface area (Å²) in [6.07, 6.45) is 0.877. The molecule has 100 valence electrons. The minimum absolute atomic E-state index is 0.612. The number of pyridine rings is 1. The van der Waals surface area contributed by atoms with Crippen molar-refractivity contribution in [2.24, 2.45) is 0 Å². The van der Waals surface area contributed by atoms with Gasteiger partial charge in [0.2, 0.25) is 0 Å². The molecule has 1 aromatic heterocycles. The quantitative estimate of drug-likeness (QED) is 0.790. The van der Waals surface area contributed by atoms with Gasteiger partial charge in [0, 0.05) is 17.1 Å². The molecule has 0 saturated carbocycles. The van der Waals surface area contributed by atoms with Crippen LogP contribution in [0.4, 0.5) is 0 Å². The fraction of sp³-hybridized carbons (Fsp3) is 0.118.